The zero-order valence-corrected chi connectivity index (χ0v) is 8.06. The van der Waals surface area contributed by atoms with Crippen LogP contribution >= 0.6 is 0 Å². The molecule has 0 saturated carbocycles. The highest BCUT2D eigenvalue weighted by Crippen LogP contribution is 2.22. The first kappa shape index (κ1) is 9.89. The molecule has 1 N–H and O–H groups in total. The number of anilines is 1. The minimum atomic E-state index is -0.797. The summed E-state index contributed by atoms with van der Waals surface area (Å²) in [5.41, 5.74) is 0. The van der Waals surface area contributed by atoms with Crippen molar-refractivity contribution in [2.75, 3.05) is 18.0 Å². The van der Waals surface area contributed by atoms with E-state index in [0.29, 0.717) is 25.3 Å². The van der Waals surface area contributed by atoms with Gasteiger partial charge in [-0.1, -0.05) is 0 Å². The maximum absolute atomic E-state index is 12.9. The van der Waals surface area contributed by atoms with E-state index in [4.69, 9.17) is 5.11 Å². The van der Waals surface area contributed by atoms with Crippen molar-refractivity contribution in [1.82, 2.24) is 4.98 Å². The molecule has 2 heterocycles. The Labute approximate surface area is 86.4 Å². The van der Waals surface area contributed by atoms with Crippen molar-refractivity contribution in [3.05, 3.63) is 24.1 Å². The van der Waals surface area contributed by atoms with Crippen LogP contribution in [0.5, 0.6) is 0 Å². The molecule has 0 aliphatic carbocycles. The van der Waals surface area contributed by atoms with E-state index in [9.17, 15) is 9.18 Å². The number of rotatable bonds is 2. The van der Waals surface area contributed by atoms with Gasteiger partial charge in [0.25, 0.3) is 0 Å². The van der Waals surface area contributed by atoms with E-state index in [2.05, 4.69) is 4.98 Å². The molecule has 5 heteroatoms. The molecule has 0 amide bonds. The van der Waals surface area contributed by atoms with E-state index in [1.165, 1.54) is 18.3 Å². The van der Waals surface area contributed by atoms with Gasteiger partial charge in [0.2, 0.25) is 0 Å². The first-order valence-corrected chi connectivity index (χ1v) is 4.76. The van der Waals surface area contributed by atoms with Crippen molar-refractivity contribution >= 4 is 11.8 Å². The van der Waals surface area contributed by atoms with Crippen molar-refractivity contribution in [2.24, 2.45) is 5.92 Å². The van der Waals surface area contributed by atoms with Crippen LogP contribution in [0.4, 0.5) is 10.2 Å². The highest BCUT2D eigenvalue weighted by molar-refractivity contribution is 5.71. The quantitative estimate of drug-likeness (QED) is 0.795. The second kappa shape index (κ2) is 3.84. The lowest BCUT2D eigenvalue weighted by molar-refractivity contribution is -0.140. The van der Waals surface area contributed by atoms with Gasteiger partial charge in [0.15, 0.2) is 0 Å². The summed E-state index contributed by atoms with van der Waals surface area (Å²) in [6.45, 7) is 1.03. The Balaban J connectivity index is 2.11. The minimum absolute atomic E-state index is 0.348. The van der Waals surface area contributed by atoms with Crippen LogP contribution in [-0.2, 0) is 4.79 Å². The third-order valence-corrected chi connectivity index (χ3v) is 2.57. The number of nitrogens with zero attached hydrogens (tertiary/aromatic N) is 2. The van der Waals surface area contributed by atoms with Crippen molar-refractivity contribution in [3.8, 4) is 0 Å². The van der Waals surface area contributed by atoms with E-state index < -0.39 is 5.97 Å². The Morgan fingerprint density at radius 1 is 1.67 bits per heavy atom. The van der Waals surface area contributed by atoms with E-state index in [1.807, 2.05) is 0 Å². The molecule has 0 spiro atoms. The molecule has 80 valence electrons. The zero-order valence-electron chi connectivity index (χ0n) is 8.06. The lowest BCUT2D eigenvalue weighted by Gasteiger charge is -2.16. The van der Waals surface area contributed by atoms with Gasteiger partial charge in [0.1, 0.15) is 11.6 Å². The second-order valence-electron chi connectivity index (χ2n) is 3.60. The molecule has 0 radical (unpaired) electrons. The Kier molecular flexibility index (Phi) is 2.53. The van der Waals surface area contributed by atoms with Crippen LogP contribution in [0.2, 0.25) is 0 Å². The van der Waals surface area contributed by atoms with Gasteiger partial charge in [0, 0.05) is 25.4 Å². The van der Waals surface area contributed by atoms with Crippen LogP contribution in [-0.4, -0.2) is 29.1 Å². The Bertz CT molecular complexity index is 383. The molecule has 2 rings (SSSR count). The molecule has 1 fully saturated rings. The third kappa shape index (κ3) is 2.06. The van der Waals surface area contributed by atoms with Crippen LogP contribution in [0.1, 0.15) is 6.42 Å². The summed E-state index contributed by atoms with van der Waals surface area (Å²) >= 11 is 0. The second-order valence-corrected chi connectivity index (χ2v) is 3.60. The van der Waals surface area contributed by atoms with Gasteiger partial charge >= 0.3 is 5.97 Å². The summed E-state index contributed by atoms with van der Waals surface area (Å²) in [7, 11) is 0. The standard InChI is InChI=1S/C10H11FN2O2/c11-8-1-3-12-9(5-8)13-4-2-7(6-13)10(14)15/h1,3,5,7H,2,4,6H2,(H,14,15). The number of hydrogen-bond donors (Lipinski definition) is 1. The summed E-state index contributed by atoms with van der Waals surface area (Å²) in [5.74, 6) is -0.999. The summed E-state index contributed by atoms with van der Waals surface area (Å²) < 4.78 is 12.9. The smallest absolute Gasteiger partial charge is 0.308 e. The maximum atomic E-state index is 12.9. The Hall–Kier alpha value is -1.65. The first-order valence-electron chi connectivity index (χ1n) is 4.76. The monoisotopic (exact) mass is 210 g/mol. The molecule has 1 aliphatic rings. The van der Waals surface area contributed by atoms with Crippen molar-refractivity contribution < 1.29 is 14.3 Å². The van der Waals surface area contributed by atoms with Crippen LogP contribution in [0, 0.1) is 11.7 Å². The summed E-state index contributed by atoms with van der Waals surface area (Å²) in [4.78, 5) is 16.5. The van der Waals surface area contributed by atoms with Gasteiger partial charge in [-0.3, -0.25) is 4.79 Å². The molecule has 0 bridgehead atoms. The SMILES string of the molecule is O=C(O)C1CCN(c2cc(F)ccn2)C1. The molecule has 15 heavy (non-hydrogen) atoms. The van der Waals surface area contributed by atoms with E-state index in [0.717, 1.165) is 0 Å². The number of pyridine rings is 1. The molecule has 1 aromatic rings. The fourth-order valence-electron chi connectivity index (χ4n) is 1.74. The van der Waals surface area contributed by atoms with Crippen LogP contribution in [0.15, 0.2) is 18.3 Å². The number of carboxylic acid groups (broad SMARTS) is 1. The van der Waals surface area contributed by atoms with Gasteiger partial charge in [-0.15, -0.1) is 0 Å². The molecule has 1 aliphatic heterocycles. The number of aliphatic carboxylic acids is 1. The predicted octanol–water partition coefficient (Wildman–Crippen LogP) is 1.13. The fourth-order valence-corrected chi connectivity index (χ4v) is 1.74. The first-order chi connectivity index (χ1) is 7.16. The lowest BCUT2D eigenvalue weighted by atomic mass is 10.1. The lowest BCUT2D eigenvalue weighted by Crippen LogP contribution is -2.23. The Morgan fingerprint density at radius 3 is 3.07 bits per heavy atom. The molecular formula is C10H11FN2O2. The molecule has 1 unspecified atom stereocenters. The zero-order chi connectivity index (χ0) is 10.8. The largest absolute Gasteiger partial charge is 0.481 e. The number of carbonyl (C=O) groups is 1. The molecule has 1 atom stereocenters. The van der Waals surface area contributed by atoms with Gasteiger partial charge in [-0.25, -0.2) is 9.37 Å². The van der Waals surface area contributed by atoms with E-state index in [-0.39, 0.29) is 11.7 Å². The Morgan fingerprint density at radius 2 is 2.47 bits per heavy atom. The predicted molar refractivity (Wildman–Crippen MR) is 52.2 cm³/mol. The molecule has 1 saturated heterocycles. The summed E-state index contributed by atoms with van der Waals surface area (Å²) in [6.07, 6.45) is 1.98. The summed E-state index contributed by atoms with van der Waals surface area (Å²) in [5, 5.41) is 8.81. The number of halogens is 1. The van der Waals surface area contributed by atoms with E-state index >= 15 is 0 Å². The number of aromatic nitrogens is 1. The highest BCUT2D eigenvalue weighted by Gasteiger charge is 2.28. The van der Waals surface area contributed by atoms with E-state index in [1.54, 1.807) is 4.90 Å². The summed E-state index contributed by atoms with van der Waals surface area (Å²) in [6, 6.07) is 2.60. The van der Waals surface area contributed by atoms with Crippen LogP contribution in [0.25, 0.3) is 0 Å². The third-order valence-electron chi connectivity index (χ3n) is 2.57. The molecular weight excluding hydrogens is 199 g/mol. The van der Waals surface area contributed by atoms with Gasteiger partial charge in [-0.05, 0) is 12.5 Å². The van der Waals surface area contributed by atoms with Gasteiger partial charge < -0.3 is 10.0 Å². The van der Waals surface area contributed by atoms with Gasteiger partial charge in [-0.2, -0.15) is 0 Å². The molecule has 4 nitrogen and oxygen atoms in total. The normalized spacial score (nSPS) is 20.6. The number of carboxylic acids is 1. The van der Waals surface area contributed by atoms with Crippen molar-refractivity contribution in [3.63, 3.8) is 0 Å². The maximum Gasteiger partial charge on any atom is 0.308 e. The van der Waals surface area contributed by atoms with Crippen molar-refractivity contribution in [1.29, 1.82) is 0 Å². The number of hydrogen-bond acceptors (Lipinski definition) is 3. The topological polar surface area (TPSA) is 53.4 Å². The molecule has 1 aromatic heterocycles. The van der Waals surface area contributed by atoms with Gasteiger partial charge in [0.05, 0.1) is 5.92 Å². The average molecular weight is 210 g/mol. The highest BCUT2D eigenvalue weighted by atomic mass is 19.1. The fraction of sp³-hybridized carbons (Fsp3) is 0.400. The van der Waals surface area contributed by atoms with Crippen LogP contribution in [0.3, 0.4) is 0 Å². The average Bonchev–Trinajstić information content (AvgIpc) is 2.66. The van der Waals surface area contributed by atoms with Crippen LogP contribution < -0.4 is 4.90 Å². The minimum Gasteiger partial charge on any atom is -0.481 e. The molecule has 0 aromatic carbocycles. The van der Waals surface area contributed by atoms with Crippen molar-refractivity contribution in [2.45, 2.75) is 6.42 Å².